The molecule has 2 amide bonds. The molecule has 0 aromatic carbocycles. The summed E-state index contributed by atoms with van der Waals surface area (Å²) in [4.78, 5) is 27.8. The molecule has 1 heterocycles. The summed E-state index contributed by atoms with van der Waals surface area (Å²) in [7, 11) is 0. The summed E-state index contributed by atoms with van der Waals surface area (Å²) in [6.45, 7) is 7.17. The van der Waals surface area contributed by atoms with Gasteiger partial charge in [0.2, 0.25) is 11.8 Å². The normalized spacial score (nSPS) is 20.9. The van der Waals surface area contributed by atoms with Crippen molar-refractivity contribution in [2.24, 2.45) is 11.7 Å². The van der Waals surface area contributed by atoms with Crippen LogP contribution in [0.15, 0.2) is 0 Å². The molecule has 3 N–H and O–H groups in total. The van der Waals surface area contributed by atoms with Crippen molar-refractivity contribution < 1.29 is 9.59 Å². The van der Waals surface area contributed by atoms with Gasteiger partial charge in [0.05, 0.1) is 12.6 Å². The summed E-state index contributed by atoms with van der Waals surface area (Å²) in [6.07, 6.45) is 2.22. The number of hydrogen-bond donors (Lipinski definition) is 2. The van der Waals surface area contributed by atoms with Crippen LogP contribution in [-0.2, 0) is 9.59 Å². The van der Waals surface area contributed by atoms with Crippen LogP contribution in [-0.4, -0.2) is 66.4 Å². The van der Waals surface area contributed by atoms with E-state index in [0.29, 0.717) is 25.7 Å². The molecule has 21 heavy (non-hydrogen) atoms. The molecule has 122 valence electrons. The lowest BCUT2D eigenvalue weighted by Crippen LogP contribution is -2.55. The molecule has 1 saturated carbocycles. The van der Waals surface area contributed by atoms with Crippen LogP contribution in [0.5, 0.6) is 0 Å². The molecule has 2 rings (SSSR count). The maximum absolute atomic E-state index is 12.1. The fourth-order valence-corrected chi connectivity index (χ4v) is 2.33. The Labute approximate surface area is 132 Å². The van der Waals surface area contributed by atoms with E-state index < -0.39 is 6.04 Å². The number of nitrogens with one attached hydrogen (secondary N) is 1. The minimum atomic E-state index is -0.417. The van der Waals surface area contributed by atoms with Gasteiger partial charge in [0.15, 0.2) is 0 Å². The molecule has 0 radical (unpaired) electrons. The Kier molecular flexibility index (Phi) is 6.90. The van der Waals surface area contributed by atoms with E-state index in [0.717, 1.165) is 25.9 Å². The molecule has 0 aromatic rings. The van der Waals surface area contributed by atoms with Crippen molar-refractivity contribution in [3.63, 3.8) is 0 Å². The monoisotopic (exact) mass is 318 g/mol. The van der Waals surface area contributed by atoms with E-state index in [4.69, 9.17) is 5.73 Å². The zero-order valence-corrected chi connectivity index (χ0v) is 13.7. The van der Waals surface area contributed by atoms with Gasteiger partial charge in [-0.2, -0.15) is 0 Å². The number of halogens is 1. The summed E-state index contributed by atoms with van der Waals surface area (Å²) >= 11 is 0. The molecular formula is C14H27ClN4O2. The lowest BCUT2D eigenvalue weighted by Gasteiger charge is -2.36. The van der Waals surface area contributed by atoms with Gasteiger partial charge in [-0.1, -0.05) is 13.8 Å². The molecule has 2 aliphatic rings. The number of carbonyl (C=O) groups excluding carboxylic acids is 2. The summed E-state index contributed by atoms with van der Waals surface area (Å²) in [5, 5.41) is 2.99. The molecule has 7 heteroatoms. The zero-order valence-electron chi connectivity index (χ0n) is 12.9. The van der Waals surface area contributed by atoms with Gasteiger partial charge in [0.1, 0.15) is 0 Å². The molecule has 2 fully saturated rings. The Morgan fingerprint density at radius 2 is 1.76 bits per heavy atom. The number of piperazine rings is 1. The highest BCUT2D eigenvalue weighted by molar-refractivity contribution is 5.85. The highest BCUT2D eigenvalue weighted by Crippen LogP contribution is 2.18. The molecule has 0 spiro atoms. The van der Waals surface area contributed by atoms with E-state index in [-0.39, 0.29) is 30.1 Å². The largest absolute Gasteiger partial charge is 0.352 e. The van der Waals surface area contributed by atoms with Gasteiger partial charge >= 0.3 is 0 Å². The fourth-order valence-electron chi connectivity index (χ4n) is 2.33. The van der Waals surface area contributed by atoms with Crippen LogP contribution in [0.4, 0.5) is 0 Å². The molecule has 1 aliphatic heterocycles. The van der Waals surface area contributed by atoms with Gasteiger partial charge in [-0.05, 0) is 18.8 Å². The quantitative estimate of drug-likeness (QED) is 0.737. The fraction of sp³-hybridized carbons (Fsp3) is 0.857. The number of hydrogen-bond acceptors (Lipinski definition) is 4. The summed E-state index contributed by atoms with van der Waals surface area (Å²) in [6, 6.07) is -0.00544. The predicted molar refractivity (Wildman–Crippen MR) is 84.2 cm³/mol. The van der Waals surface area contributed by atoms with Crippen molar-refractivity contribution in [3.05, 3.63) is 0 Å². The average molecular weight is 319 g/mol. The first-order valence-corrected chi connectivity index (χ1v) is 7.53. The third-order valence-corrected chi connectivity index (χ3v) is 4.00. The van der Waals surface area contributed by atoms with E-state index in [1.54, 1.807) is 0 Å². The van der Waals surface area contributed by atoms with Crippen molar-refractivity contribution in [2.45, 2.75) is 38.8 Å². The van der Waals surface area contributed by atoms with Crippen molar-refractivity contribution in [3.8, 4) is 0 Å². The molecule has 1 saturated heterocycles. The van der Waals surface area contributed by atoms with Crippen LogP contribution in [0.3, 0.4) is 0 Å². The molecule has 6 nitrogen and oxygen atoms in total. The SMILES string of the molecule is CC(C)[C@H](N)C(=O)N1CCN(CC(=O)NC2CC2)CC1.Cl. The maximum Gasteiger partial charge on any atom is 0.239 e. The zero-order chi connectivity index (χ0) is 14.7. The van der Waals surface area contributed by atoms with Crippen molar-refractivity contribution in [1.29, 1.82) is 0 Å². The second-order valence-electron chi connectivity index (χ2n) is 6.21. The summed E-state index contributed by atoms with van der Waals surface area (Å²) in [5.41, 5.74) is 5.90. The van der Waals surface area contributed by atoms with Crippen LogP contribution in [0.25, 0.3) is 0 Å². The van der Waals surface area contributed by atoms with Gasteiger partial charge in [-0.25, -0.2) is 0 Å². The van der Waals surface area contributed by atoms with E-state index >= 15 is 0 Å². The maximum atomic E-state index is 12.1. The first-order valence-electron chi connectivity index (χ1n) is 7.53. The standard InChI is InChI=1S/C14H26N4O2.ClH/c1-10(2)13(15)14(20)18-7-5-17(6-8-18)9-12(19)16-11-3-4-11;/h10-11,13H,3-9,15H2,1-2H3,(H,16,19);1H/t13-;/m0./s1. The molecular weight excluding hydrogens is 292 g/mol. The van der Waals surface area contributed by atoms with Crippen molar-refractivity contribution >= 4 is 24.2 Å². The Balaban J connectivity index is 0.00000220. The lowest BCUT2D eigenvalue weighted by molar-refractivity contribution is -0.135. The van der Waals surface area contributed by atoms with Gasteiger partial charge < -0.3 is 16.0 Å². The molecule has 1 atom stereocenters. The van der Waals surface area contributed by atoms with E-state index in [1.165, 1.54) is 0 Å². The van der Waals surface area contributed by atoms with Gasteiger partial charge in [0, 0.05) is 32.2 Å². The minimum Gasteiger partial charge on any atom is -0.352 e. The predicted octanol–water partition coefficient (Wildman–Crippen LogP) is -0.186. The average Bonchev–Trinajstić information content (AvgIpc) is 3.21. The summed E-state index contributed by atoms with van der Waals surface area (Å²) in [5.74, 6) is 0.290. The number of nitrogens with zero attached hydrogens (tertiary/aromatic N) is 2. The second-order valence-corrected chi connectivity index (χ2v) is 6.21. The third kappa shape index (κ3) is 5.45. The summed E-state index contributed by atoms with van der Waals surface area (Å²) < 4.78 is 0. The number of amides is 2. The topological polar surface area (TPSA) is 78.7 Å². The van der Waals surface area contributed by atoms with E-state index in [9.17, 15) is 9.59 Å². The van der Waals surface area contributed by atoms with Crippen LogP contribution in [0, 0.1) is 5.92 Å². The Morgan fingerprint density at radius 3 is 2.24 bits per heavy atom. The second kappa shape index (κ2) is 7.96. The minimum absolute atomic E-state index is 0. The van der Waals surface area contributed by atoms with Gasteiger partial charge in [-0.3, -0.25) is 14.5 Å². The number of rotatable bonds is 5. The molecule has 0 bridgehead atoms. The number of carbonyl (C=O) groups is 2. The Morgan fingerprint density at radius 1 is 1.19 bits per heavy atom. The lowest BCUT2D eigenvalue weighted by atomic mass is 10.0. The molecule has 0 unspecified atom stereocenters. The van der Waals surface area contributed by atoms with Crippen LogP contribution < -0.4 is 11.1 Å². The van der Waals surface area contributed by atoms with Crippen molar-refractivity contribution in [1.82, 2.24) is 15.1 Å². The smallest absolute Gasteiger partial charge is 0.239 e. The van der Waals surface area contributed by atoms with E-state index in [2.05, 4.69) is 10.2 Å². The highest BCUT2D eigenvalue weighted by atomic mass is 35.5. The molecule has 1 aliphatic carbocycles. The first-order chi connectivity index (χ1) is 9.47. The van der Waals surface area contributed by atoms with E-state index in [1.807, 2.05) is 18.7 Å². The Bertz CT molecular complexity index is 366. The highest BCUT2D eigenvalue weighted by Gasteiger charge is 2.28. The Hall–Kier alpha value is -0.850. The van der Waals surface area contributed by atoms with Crippen LogP contribution >= 0.6 is 12.4 Å². The van der Waals surface area contributed by atoms with Gasteiger partial charge in [0.25, 0.3) is 0 Å². The van der Waals surface area contributed by atoms with Crippen LogP contribution in [0.1, 0.15) is 26.7 Å². The van der Waals surface area contributed by atoms with Crippen molar-refractivity contribution in [2.75, 3.05) is 32.7 Å². The third-order valence-electron chi connectivity index (χ3n) is 4.00. The van der Waals surface area contributed by atoms with Crippen LogP contribution in [0.2, 0.25) is 0 Å². The first kappa shape index (κ1) is 18.2. The van der Waals surface area contributed by atoms with Gasteiger partial charge in [-0.15, -0.1) is 12.4 Å². The number of nitrogens with two attached hydrogens (primary N) is 1. The molecule has 0 aromatic heterocycles.